The van der Waals surface area contributed by atoms with Gasteiger partial charge in [0, 0.05) is 35.1 Å². The van der Waals surface area contributed by atoms with E-state index in [2.05, 4.69) is 26.5 Å². The van der Waals surface area contributed by atoms with Crippen LogP contribution in [0.2, 0.25) is 0 Å². The normalized spacial score (nSPS) is 10.9. The number of rotatable bonds is 3. The van der Waals surface area contributed by atoms with Crippen molar-refractivity contribution >= 4 is 26.6 Å². The van der Waals surface area contributed by atoms with Crippen molar-refractivity contribution in [3.05, 3.63) is 95.9 Å². The molecule has 29 heavy (non-hydrogen) atoms. The van der Waals surface area contributed by atoms with Crippen LogP contribution in [0.25, 0.3) is 10.9 Å². The van der Waals surface area contributed by atoms with Crippen molar-refractivity contribution in [1.29, 1.82) is 0 Å². The third-order valence-electron chi connectivity index (χ3n) is 4.28. The lowest BCUT2D eigenvalue weighted by molar-refractivity contribution is 0.602. The molecule has 5 nitrogen and oxygen atoms in total. The minimum Gasteiger partial charge on any atom is -0.278 e. The number of anilines is 1. The number of pyridine rings is 2. The van der Waals surface area contributed by atoms with Gasteiger partial charge in [-0.25, -0.2) is 8.42 Å². The monoisotopic (exact) mass is 399 g/mol. The number of hydrogen-bond acceptors (Lipinski definition) is 4. The van der Waals surface area contributed by atoms with Crippen LogP contribution in [0.15, 0.2) is 84.1 Å². The third-order valence-corrected chi connectivity index (χ3v) is 5.66. The second-order valence-electron chi connectivity index (χ2n) is 6.48. The summed E-state index contributed by atoms with van der Waals surface area (Å²) in [7, 11) is -3.86. The zero-order valence-electron chi connectivity index (χ0n) is 15.6. The lowest BCUT2D eigenvalue weighted by Gasteiger charge is -2.12. The molecule has 0 fully saturated rings. The van der Waals surface area contributed by atoms with Gasteiger partial charge in [0.15, 0.2) is 0 Å². The molecule has 142 valence electrons. The van der Waals surface area contributed by atoms with Gasteiger partial charge in [0.1, 0.15) is 4.90 Å². The summed E-state index contributed by atoms with van der Waals surface area (Å²) < 4.78 is 29.0. The first-order valence-electron chi connectivity index (χ1n) is 8.92. The van der Waals surface area contributed by atoms with E-state index in [0.29, 0.717) is 16.8 Å². The van der Waals surface area contributed by atoms with Gasteiger partial charge in [0.25, 0.3) is 10.0 Å². The van der Waals surface area contributed by atoms with Gasteiger partial charge in [0.2, 0.25) is 0 Å². The molecule has 0 bridgehead atoms. The van der Waals surface area contributed by atoms with Gasteiger partial charge < -0.3 is 0 Å². The summed E-state index contributed by atoms with van der Waals surface area (Å²) >= 11 is 0. The number of aryl methyl sites for hydroxylation is 1. The van der Waals surface area contributed by atoms with Crippen LogP contribution in [0.5, 0.6) is 0 Å². The molecule has 2 heterocycles. The summed E-state index contributed by atoms with van der Waals surface area (Å²) in [5, 5.41) is 0.775. The van der Waals surface area contributed by atoms with E-state index >= 15 is 0 Å². The largest absolute Gasteiger partial charge is 0.278 e. The van der Waals surface area contributed by atoms with Gasteiger partial charge >= 0.3 is 0 Å². The van der Waals surface area contributed by atoms with Crippen molar-refractivity contribution < 1.29 is 8.42 Å². The van der Waals surface area contributed by atoms with Crippen molar-refractivity contribution in [2.24, 2.45) is 0 Å². The molecule has 4 rings (SSSR count). The van der Waals surface area contributed by atoms with Gasteiger partial charge in [-0.15, -0.1) is 0 Å². The topological polar surface area (TPSA) is 72.0 Å². The van der Waals surface area contributed by atoms with Crippen LogP contribution in [-0.4, -0.2) is 18.4 Å². The molecular formula is C23H17N3O2S. The van der Waals surface area contributed by atoms with Gasteiger partial charge in [-0.3, -0.25) is 14.7 Å². The first-order chi connectivity index (χ1) is 14.0. The number of nitrogens with zero attached hydrogens (tertiary/aromatic N) is 2. The minimum absolute atomic E-state index is 0.142. The van der Waals surface area contributed by atoms with Crippen molar-refractivity contribution in [2.45, 2.75) is 11.8 Å². The number of fused-ring (bicyclic) bond motifs is 1. The molecule has 0 unspecified atom stereocenters. The Labute approximate surface area is 169 Å². The van der Waals surface area contributed by atoms with E-state index in [1.165, 1.54) is 0 Å². The van der Waals surface area contributed by atoms with Crippen molar-refractivity contribution in [3.63, 3.8) is 0 Å². The molecule has 0 saturated heterocycles. The van der Waals surface area contributed by atoms with E-state index in [1.807, 2.05) is 31.2 Å². The molecule has 0 spiro atoms. The summed E-state index contributed by atoms with van der Waals surface area (Å²) in [6.07, 6.45) is 4.92. The number of sulfonamides is 1. The number of nitrogens with one attached hydrogen (secondary N) is 1. The maximum Gasteiger partial charge on any atom is 0.264 e. The summed E-state index contributed by atoms with van der Waals surface area (Å²) in [6, 6.07) is 17.9. The zero-order valence-corrected chi connectivity index (χ0v) is 16.4. The summed E-state index contributed by atoms with van der Waals surface area (Å²) in [5.74, 6) is 6.03. The highest BCUT2D eigenvalue weighted by atomic mass is 32.2. The quantitative estimate of drug-likeness (QED) is 0.526. The Morgan fingerprint density at radius 1 is 0.931 bits per heavy atom. The number of hydrogen-bond donors (Lipinski definition) is 1. The standard InChI is InChI=1S/C23H17N3O2S/c1-17-14-20-8-5-13-25-23(20)22(15-17)29(27,28)26-21-9-3-2-7-19(21)11-10-18-6-4-12-24-16-18/h2-9,12-16,26H,1H3. The van der Waals surface area contributed by atoms with Gasteiger partial charge in [-0.1, -0.05) is 30.0 Å². The molecule has 0 radical (unpaired) electrons. The highest BCUT2D eigenvalue weighted by Crippen LogP contribution is 2.26. The Bertz CT molecular complexity index is 1360. The van der Waals surface area contributed by atoms with Crippen molar-refractivity contribution in [2.75, 3.05) is 4.72 Å². The Kier molecular flexibility index (Phi) is 4.98. The second-order valence-corrected chi connectivity index (χ2v) is 8.13. The molecule has 0 amide bonds. The molecule has 4 aromatic rings. The van der Waals surface area contributed by atoms with E-state index in [1.54, 1.807) is 55.0 Å². The maximum atomic E-state index is 13.2. The average molecular weight is 399 g/mol. The van der Waals surface area contributed by atoms with E-state index in [-0.39, 0.29) is 4.90 Å². The fourth-order valence-electron chi connectivity index (χ4n) is 2.96. The van der Waals surface area contributed by atoms with E-state index < -0.39 is 10.0 Å². The summed E-state index contributed by atoms with van der Waals surface area (Å²) in [5.41, 5.74) is 3.01. The van der Waals surface area contributed by atoms with Gasteiger partial charge in [-0.05, 0) is 55.0 Å². The number of aromatic nitrogens is 2. The Morgan fingerprint density at radius 2 is 1.76 bits per heavy atom. The van der Waals surface area contributed by atoms with Crippen LogP contribution < -0.4 is 4.72 Å². The molecule has 2 aromatic heterocycles. The number of para-hydroxylation sites is 1. The van der Waals surface area contributed by atoms with E-state index in [9.17, 15) is 8.42 Å². The predicted octanol–water partition coefficient (Wildman–Crippen LogP) is 4.14. The highest BCUT2D eigenvalue weighted by molar-refractivity contribution is 7.93. The Hall–Kier alpha value is -3.69. The highest BCUT2D eigenvalue weighted by Gasteiger charge is 2.20. The number of benzene rings is 2. The molecule has 0 aliphatic heterocycles. The van der Waals surface area contributed by atoms with Crippen LogP contribution in [0, 0.1) is 18.8 Å². The fourth-order valence-corrected chi connectivity index (χ4v) is 4.31. The first kappa shape index (κ1) is 18.7. The molecule has 0 saturated carbocycles. The smallest absolute Gasteiger partial charge is 0.264 e. The predicted molar refractivity (Wildman–Crippen MR) is 114 cm³/mol. The molecular weight excluding hydrogens is 382 g/mol. The molecule has 0 aliphatic rings. The fraction of sp³-hybridized carbons (Fsp3) is 0.0435. The molecule has 0 atom stereocenters. The SMILES string of the molecule is Cc1cc(S(=O)(=O)Nc2ccccc2C#Cc2cccnc2)c2ncccc2c1. The van der Waals surface area contributed by atoms with Crippen LogP contribution in [0.3, 0.4) is 0 Å². The van der Waals surface area contributed by atoms with Crippen LogP contribution >= 0.6 is 0 Å². The maximum absolute atomic E-state index is 13.2. The zero-order chi connectivity index (χ0) is 20.3. The Balaban J connectivity index is 1.75. The second kappa shape index (κ2) is 7.74. The molecule has 0 aliphatic carbocycles. The van der Waals surface area contributed by atoms with Gasteiger partial charge in [-0.2, -0.15) is 0 Å². The van der Waals surface area contributed by atoms with Crippen molar-refractivity contribution in [3.8, 4) is 11.8 Å². The van der Waals surface area contributed by atoms with Crippen LogP contribution in [0.4, 0.5) is 5.69 Å². The van der Waals surface area contributed by atoms with Crippen LogP contribution in [-0.2, 0) is 10.0 Å². The van der Waals surface area contributed by atoms with E-state index in [4.69, 9.17) is 0 Å². The van der Waals surface area contributed by atoms with Crippen molar-refractivity contribution in [1.82, 2.24) is 9.97 Å². The molecule has 1 N–H and O–H groups in total. The lowest BCUT2D eigenvalue weighted by atomic mass is 10.1. The molecule has 6 heteroatoms. The van der Waals surface area contributed by atoms with E-state index in [0.717, 1.165) is 16.5 Å². The third kappa shape index (κ3) is 4.10. The summed E-state index contributed by atoms with van der Waals surface area (Å²) in [6.45, 7) is 1.86. The molecule has 2 aromatic carbocycles. The Morgan fingerprint density at radius 3 is 2.59 bits per heavy atom. The average Bonchev–Trinajstić information content (AvgIpc) is 2.73. The summed E-state index contributed by atoms with van der Waals surface area (Å²) in [4.78, 5) is 8.45. The van der Waals surface area contributed by atoms with Gasteiger partial charge in [0.05, 0.1) is 11.2 Å². The lowest BCUT2D eigenvalue weighted by Crippen LogP contribution is -2.15. The van der Waals surface area contributed by atoms with Crippen LogP contribution in [0.1, 0.15) is 16.7 Å². The minimum atomic E-state index is -3.86. The first-order valence-corrected chi connectivity index (χ1v) is 10.4.